The maximum absolute atomic E-state index is 6.34. The van der Waals surface area contributed by atoms with E-state index in [9.17, 15) is 0 Å². The van der Waals surface area contributed by atoms with Crippen LogP contribution in [0.2, 0.25) is 10.0 Å². The number of hydrogen-bond donors (Lipinski definition) is 1. The smallest absolute Gasteiger partial charge is 0.0624 e. The molecule has 2 nitrogen and oxygen atoms in total. The normalized spacial score (nSPS) is 23.2. The first-order chi connectivity index (χ1) is 9.52. The van der Waals surface area contributed by atoms with Crippen molar-refractivity contribution in [2.75, 3.05) is 19.8 Å². The average molecular weight is 316 g/mol. The summed E-state index contributed by atoms with van der Waals surface area (Å²) in [4.78, 5) is 0. The fourth-order valence-electron chi connectivity index (χ4n) is 2.76. The molecule has 0 amide bonds. The van der Waals surface area contributed by atoms with E-state index in [0.717, 1.165) is 44.6 Å². The third kappa shape index (κ3) is 4.11. The van der Waals surface area contributed by atoms with Gasteiger partial charge in [-0.2, -0.15) is 0 Å². The van der Waals surface area contributed by atoms with Crippen LogP contribution in [0.25, 0.3) is 0 Å². The van der Waals surface area contributed by atoms with Gasteiger partial charge in [-0.05, 0) is 30.9 Å². The van der Waals surface area contributed by atoms with Gasteiger partial charge < -0.3 is 10.1 Å². The molecule has 1 N–H and O–H groups in total. The van der Waals surface area contributed by atoms with Crippen LogP contribution in [0.5, 0.6) is 0 Å². The van der Waals surface area contributed by atoms with Gasteiger partial charge in [0.2, 0.25) is 0 Å². The van der Waals surface area contributed by atoms with Gasteiger partial charge in [-0.1, -0.05) is 49.2 Å². The Morgan fingerprint density at radius 2 is 2.15 bits per heavy atom. The molecule has 0 aromatic heterocycles. The van der Waals surface area contributed by atoms with Crippen LogP contribution in [0.1, 0.15) is 32.3 Å². The molecule has 1 unspecified atom stereocenters. The van der Waals surface area contributed by atoms with E-state index in [-0.39, 0.29) is 5.41 Å². The van der Waals surface area contributed by atoms with Crippen LogP contribution in [-0.4, -0.2) is 25.8 Å². The van der Waals surface area contributed by atoms with Gasteiger partial charge in [0.15, 0.2) is 0 Å². The highest BCUT2D eigenvalue weighted by Gasteiger charge is 2.33. The van der Waals surface area contributed by atoms with Crippen LogP contribution < -0.4 is 5.32 Å². The molecule has 1 aliphatic heterocycles. The van der Waals surface area contributed by atoms with Crippen molar-refractivity contribution in [3.63, 3.8) is 0 Å². The van der Waals surface area contributed by atoms with Crippen molar-refractivity contribution in [2.45, 2.75) is 39.2 Å². The van der Waals surface area contributed by atoms with E-state index >= 15 is 0 Å². The Labute approximate surface area is 131 Å². The summed E-state index contributed by atoms with van der Waals surface area (Å²) in [5.41, 5.74) is 1.24. The Bertz CT molecular complexity index is 442. The number of benzene rings is 1. The first-order valence-corrected chi connectivity index (χ1v) is 8.02. The standard InChI is InChI=1S/C16H23Cl2NO/c1-12(2)19-10-16(7-4-8-20-11-16)9-13-5-3-6-14(17)15(13)18/h3,5-6,12,19H,4,7-11H2,1-2H3. The van der Waals surface area contributed by atoms with Crippen molar-refractivity contribution in [1.29, 1.82) is 0 Å². The molecule has 0 bridgehead atoms. The number of ether oxygens (including phenoxy) is 1. The maximum atomic E-state index is 6.34. The number of rotatable bonds is 5. The Balaban J connectivity index is 2.16. The third-order valence-electron chi connectivity index (χ3n) is 3.89. The second-order valence-corrected chi connectivity index (χ2v) is 6.87. The molecule has 1 saturated heterocycles. The van der Waals surface area contributed by atoms with Gasteiger partial charge in [-0.15, -0.1) is 0 Å². The molecule has 0 spiro atoms. The van der Waals surface area contributed by atoms with Gasteiger partial charge in [0.25, 0.3) is 0 Å². The molecule has 1 heterocycles. The molecule has 0 aliphatic carbocycles. The molecule has 112 valence electrons. The third-order valence-corrected chi connectivity index (χ3v) is 4.74. The van der Waals surface area contributed by atoms with E-state index in [1.807, 2.05) is 12.1 Å². The van der Waals surface area contributed by atoms with Crippen molar-refractivity contribution in [3.8, 4) is 0 Å². The lowest BCUT2D eigenvalue weighted by Gasteiger charge is -2.38. The van der Waals surface area contributed by atoms with Gasteiger partial charge in [0.05, 0.1) is 16.7 Å². The summed E-state index contributed by atoms with van der Waals surface area (Å²) in [7, 11) is 0. The van der Waals surface area contributed by atoms with Crippen molar-refractivity contribution in [2.24, 2.45) is 5.41 Å². The highest BCUT2D eigenvalue weighted by Crippen LogP contribution is 2.36. The molecule has 1 fully saturated rings. The van der Waals surface area contributed by atoms with E-state index in [4.69, 9.17) is 27.9 Å². The van der Waals surface area contributed by atoms with Crippen molar-refractivity contribution >= 4 is 23.2 Å². The fraction of sp³-hybridized carbons (Fsp3) is 0.625. The lowest BCUT2D eigenvalue weighted by atomic mass is 9.77. The molecular weight excluding hydrogens is 293 g/mol. The second kappa shape index (κ2) is 7.13. The number of halogens is 2. The van der Waals surface area contributed by atoms with E-state index in [2.05, 4.69) is 25.2 Å². The highest BCUT2D eigenvalue weighted by atomic mass is 35.5. The van der Waals surface area contributed by atoms with Crippen molar-refractivity contribution in [3.05, 3.63) is 33.8 Å². The van der Waals surface area contributed by atoms with Crippen LogP contribution in [0.3, 0.4) is 0 Å². The van der Waals surface area contributed by atoms with Crippen molar-refractivity contribution < 1.29 is 4.74 Å². The Kier molecular flexibility index (Phi) is 5.74. The van der Waals surface area contributed by atoms with Gasteiger partial charge >= 0.3 is 0 Å². The summed E-state index contributed by atoms with van der Waals surface area (Å²) in [5.74, 6) is 0. The molecule has 0 saturated carbocycles. The molecule has 1 atom stereocenters. The quantitative estimate of drug-likeness (QED) is 0.873. The SMILES string of the molecule is CC(C)NCC1(Cc2cccc(Cl)c2Cl)CCCOC1. The zero-order valence-electron chi connectivity index (χ0n) is 12.2. The van der Waals surface area contributed by atoms with Gasteiger partial charge in [0, 0.05) is 24.6 Å². The van der Waals surface area contributed by atoms with Crippen molar-refractivity contribution in [1.82, 2.24) is 5.32 Å². The summed E-state index contributed by atoms with van der Waals surface area (Å²) in [6.07, 6.45) is 3.18. The zero-order valence-corrected chi connectivity index (χ0v) is 13.7. The van der Waals surface area contributed by atoms with Crippen LogP contribution in [-0.2, 0) is 11.2 Å². The zero-order chi connectivity index (χ0) is 14.6. The van der Waals surface area contributed by atoms with E-state index in [1.165, 1.54) is 0 Å². The highest BCUT2D eigenvalue weighted by molar-refractivity contribution is 6.42. The van der Waals surface area contributed by atoms with Gasteiger partial charge in [-0.25, -0.2) is 0 Å². The monoisotopic (exact) mass is 315 g/mol. The Morgan fingerprint density at radius 3 is 2.80 bits per heavy atom. The molecule has 2 rings (SSSR count). The molecule has 4 heteroatoms. The first kappa shape index (κ1) is 16.1. The maximum Gasteiger partial charge on any atom is 0.0624 e. The largest absolute Gasteiger partial charge is 0.381 e. The summed E-state index contributed by atoms with van der Waals surface area (Å²) < 4.78 is 5.74. The molecule has 1 aromatic rings. The molecule has 1 aliphatic rings. The lowest BCUT2D eigenvalue weighted by molar-refractivity contribution is -0.00800. The van der Waals surface area contributed by atoms with Crippen LogP contribution >= 0.6 is 23.2 Å². The van der Waals surface area contributed by atoms with E-state index in [1.54, 1.807) is 0 Å². The fourth-order valence-corrected chi connectivity index (χ4v) is 3.15. The van der Waals surface area contributed by atoms with Crippen LogP contribution in [0, 0.1) is 5.41 Å². The minimum absolute atomic E-state index is 0.122. The predicted octanol–water partition coefficient (Wildman–Crippen LogP) is 4.33. The molecule has 1 aromatic carbocycles. The summed E-state index contributed by atoms with van der Waals surface area (Å²) in [5, 5.41) is 4.87. The second-order valence-electron chi connectivity index (χ2n) is 6.08. The van der Waals surface area contributed by atoms with E-state index < -0.39 is 0 Å². The summed E-state index contributed by atoms with van der Waals surface area (Å²) in [6, 6.07) is 6.35. The van der Waals surface area contributed by atoms with Gasteiger partial charge in [0.1, 0.15) is 0 Å². The number of hydrogen-bond acceptors (Lipinski definition) is 2. The topological polar surface area (TPSA) is 21.3 Å². The lowest BCUT2D eigenvalue weighted by Crippen LogP contribution is -2.44. The minimum Gasteiger partial charge on any atom is -0.381 e. The first-order valence-electron chi connectivity index (χ1n) is 7.26. The summed E-state index contributed by atoms with van der Waals surface area (Å²) >= 11 is 12.5. The molecular formula is C16H23Cl2NO. The average Bonchev–Trinajstić information content (AvgIpc) is 2.43. The Morgan fingerprint density at radius 1 is 1.35 bits per heavy atom. The van der Waals surface area contributed by atoms with Crippen LogP contribution in [0.15, 0.2) is 18.2 Å². The van der Waals surface area contributed by atoms with E-state index in [0.29, 0.717) is 16.1 Å². The van der Waals surface area contributed by atoms with Gasteiger partial charge in [-0.3, -0.25) is 0 Å². The molecule has 0 radical (unpaired) electrons. The summed E-state index contributed by atoms with van der Waals surface area (Å²) in [6.45, 7) is 6.95. The van der Waals surface area contributed by atoms with Crippen LogP contribution in [0.4, 0.5) is 0 Å². The number of nitrogens with one attached hydrogen (secondary N) is 1. The predicted molar refractivity (Wildman–Crippen MR) is 85.8 cm³/mol. The minimum atomic E-state index is 0.122. The molecule has 20 heavy (non-hydrogen) atoms. The Hall–Kier alpha value is -0.280.